The van der Waals surface area contributed by atoms with Crippen LogP contribution in [0.5, 0.6) is 0 Å². The maximum atomic E-state index is 4.09. The fourth-order valence-corrected chi connectivity index (χ4v) is 0.616. The topological polar surface area (TPSA) is 24.9 Å². The van der Waals surface area contributed by atoms with Crippen LogP contribution in [0, 0.1) is 6.92 Å². The summed E-state index contributed by atoms with van der Waals surface area (Å²) in [6, 6.07) is 3.98. The van der Waals surface area contributed by atoms with Crippen molar-refractivity contribution < 1.29 is 0 Å². The van der Waals surface area contributed by atoms with Crippen LogP contribution in [-0.2, 0) is 0 Å². The summed E-state index contributed by atoms with van der Waals surface area (Å²) in [6.45, 7) is 10.0. The molecule has 0 spiro atoms. The Bertz CT molecular complexity index is 180. The number of hydrogen-bond acceptors (Lipinski definition) is 2. The highest BCUT2D eigenvalue weighted by Crippen LogP contribution is 2.01. The van der Waals surface area contributed by atoms with Gasteiger partial charge in [-0.15, -0.1) is 0 Å². The van der Waals surface area contributed by atoms with E-state index in [4.69, 9.17) is 0 Å². The molecule has 0 aromatic carbocycles. The highest BCUT2D eigenvalue weighted by molar-refractivity contribution is 5.33. The normalized spacial score (nSPS) is 7.23. The highest BCUT2D eigenvalue weighted by Gasteiger charge is 1.85. The molecule has 0 fully saturated rings. The number of rotatable bonds is 1. The molecule has 1 N–H and O–H groups in total. The monoisotopic (exact) mass is 182 g/mol. The van der Waals surface area contributed by atoms with E-state index in [0.29, 0.717) is 0 Å². The second kappa shape index (κ2) is 11.0. The molecule has 1 aromatic rings. The number of aryl methyl sites for hydroxylation is 1. The van der Waals surface area contributed by atoms with E-state index in [1.807, 2.05) is 60.0 Å². The number of pyridine rings is 1. The van der Waals surface area contributed by atoms with Crippen LogP contribution in [0.1, 0.15) is 33.3 Å². The van der Waals surface area contributed by atoms with E-state index < -0.39 is 0 Å². The Hall–Kier alpha value is -1.05. The average Bonchev–Trinajstić information content (AvgIpc) is 2.25. The first-order valence-electron chi connectivity index (χ1n) is 4.93. The van der Waals surface area contributed by atoms with E-state index in [9.17, 15) is 0 Å². The molecule has 0 atom stereocenters. The van der Waals surface area contributed by atoms with Crippen molar-refractivity contribution >= 4 is 5.82 Å². The molecule has 0 aliphatic heterocycles. The van der Waals surface area contributed by atoms with E-state index >= 15 is 0 Å². The van der Waals surface area contributed by atoms with Crippen LogP contribution in [0.3, 0.4) is 0 Å². The Morgan fingerprint density at radius 2 is 1.62 bits per heavy atom. The molecule has 0 unspecified atom stereocenters. The van der Waals surface area contributed by atoms with Crippen molar-refractivity contribution in [2.45, 2.75) is 34.6 Å². The van der Waals surface area contributed by atoms with Gasteiger partial charge in [-0.05, 0) is 18.6 Å². The Morgan fingerprint density at radius 1 is 1.08 bits per heavy atom. The summed E-state index contributed by atoms with van der Waals surface area (Å²) in [4.78, 5) is 4.09. The van der Waals surface area contributed by atoms with Gasteiger partial charge in [0.25, 0.3) is 0 Å². The van der Waals surface area contributed by atoms with Gasteiger partial charge in [-0.3, -0.25) is 0 Å². The van der Waals surface area contributed by atoms with Crippen LogP contribution in [0.4, 0.5) is 5.82 Å². The van der Waals surface area contributed by atoms with Gasteiger partial charge >= 0.3 is 0 Å². The molecule has 1 heterocycles. The standard InChI is InChI=1S/C7H10N2.2C2H6/c1-6-3-4-7(8-2)9-5-6;2*1-2/h3-5H,1-2H3,(H,8,9);2*1-2H3. The first kappa shape index (κ1) is 14.5. The van der Waals surface area contributed by atoms with Gasteiger partial charge in [0, 0.05) is 13.2 Å². The van der Waals surface area contributed by atoms with Crippen LogP contribution >= 0.6 is 0 Å². The molecule has 0 saturated carbocycles. The predicted molar refractivity (Wildman–Crippen MR) is 61.2 cm³/mol. The molecule has 0 aliphatic rings. The molecule has 1 rings (SSSR count). The fraction of sp³-hybridized carbons (Fsp3) is 0.545. The lowest BCUT2D eigenvalue weighted by Crippen LogP contribution is -1.90. The molecule has 2 nitrogen and oxygen atoms in total. The van der Waals surface area contributed by atoms with Crippen molar-refractivity contribution in [2.75, 3.05) is 12.4 Å². The van der Waals surface area contributed by atoms with Gasteiger partial charge < -0.3 is 5.32 Å². The molecule has 1 aromatic heterocycles. The zero-order valence-corrected chi connectivity index (χ0v) is 9.68. The third-order valence-electron chi connectivity index (χ3n) is 1.17. The van der Waals surface area contributed by atoms with Crippen LogP contribution < -0.4 is 5.32 Å². The largest absolute Gasteiger partial charge is 0.373 e. The Labute approximate surface area is 82.4 Å². The molecule has 76 valence electrons. The van der Waals surface area contributed by atoms with Crippen molar-refractivity contribution in [1.82, 2.24) is 4.98 Å². The van der Waals surface area contributed by atoms with Gasteiger partial charge in [0.15, 0.2) is 0 Å². The van der Waals surface area contributed by atoms with Gasteiger partial charge in [-0.1, -0.05) is 33.8 Å². The van der Waals surface area contributed by atoms with Crippen LogP contribution in [0.25, 0.3) is 0 Å². The smallest absolute Gasteiger partial charge is 0.125 e. The lowest BCUT2D eigenvalue weighted by molar-refractivity contribution is 1.24. The second-order valence-corrected chi connectivity index (χ2v) is 1.97. The van der Waals surface area contributed by atoms with E-state index in [-0.39, 0.29) is 0 Å². The lowest BCUT2D eigenvalue weighted by Gasteiger charge is -1.96. The van der Waals surface area contributed by atoms with E-state index in [2.05, 4.69) is 10.3 Å². The molecule has 0 amide bonds. The summed E-state index contributed by atoms with van der Waals surface area (Å²) in [5.41, 5.74) is 1.19. The van der Waals surface area contributed by atoms with Crippen LogP contribution in [0.2, 0.25) is 0 Å². The number of aromatic nitrogens is 1. The Morgan fingerprint density at radius 3 is 1.92 bits per heavy atom. The predicted octanol–water partition coefficient (Wildman–Crippen LogP) is 3.48. The zero-order valence-electron chi connectivity index (χ0n) is 9.68. The molecular formula is C11H22N2. The van der Waals surface area contributed by atoms with Gasteiger partial charge in [-0.25, -0.2) is 4.98 Å². The van der Waals surface area contributed by atoms with Crippen molar-refractivity contribution in [1.29, 1.82) is 0 Å². The van der Waals surface area contributed by atoms with Crippen molar-refractivity contribution in [3.63, 3.8) is 0 Å². The van der Waals surface area contributed by atoms with E-state index in [1.54, 1.807) is 0 Å². The van der Waals surface area contributed by atoms with Gasteiger partial charge in [-0.2, -0.15) is 0 Å². The van der Waals surface area contributed by atoms with Gasteiger partial charge in [0.05, 0.1) is 0 Å². The minimum atomic E-state index is 0.917. The molecule has 13 heavy (non-hydrogen) atoms. The molecule has 2 heteroatoms. The van der Waals surface area contributed by atoms with Gasteiger partial charge in [0.1, 0.15) is 5.82 Å². The second-order valence-electron chi connectivity index (χ2n) is 1.97. The average molecular weight is 182 g/mol. The Kier molecular flexibility index (Phi) is 12.2. The molecule has 0 radical (unpaired) electrons. The first-order valence-corrected chi connectivity index (χ1v) is 4.93. The summed E-state index contributed by atoms with van der Waals surface area (Å²) < 4.78 is 0. The minimum absolute atomic E-state index is 0.917. The van der Waals surface area contributed by atoms with E-state index in [1.165, 1.54) is 5.56 Å². The SMILES string of the molecule is CC.CC.CNc1ccc(C)cn1. The molecule has 0 aliphatic carbocycles. The maximum absolute atomic E-state index is 4.09. The minimum Gasteiger partial charge on any atom is -0.373 e. The molecule has 0 saturated heterocycles. The quantitative estimate of drug-likeness (QED) is 0.719. The third kappa shape index (κ3) is 7.32. The zero-order chi connectivity index (χ0) is 10.7. The third-order valence-corrected chi connectivity index (χ3v) is 1.17. The van der Waals surface area contributed by atoms with Crippen LogP contribution in [0.15, 0.2) is 18.3 Å². The number of anilines is 1. The summed E-state index contributed by atoms with van der Waals surface area (Å²) in [6.07, 6.45) is 1.84. The summed E-state index contributed by atoms with van der Waals surface area (Å²) in [7, 11) is 1.86. The van der Waals surface area contributed by atoms with E-state index in [0.717, 1.165) is 5.82 Å². The maximum Gasteiger partial charge on any atom is 0.125 e. The van der Waals surface area contributed by atoms with Crippen molar-refractivity contribution in [3.8, 4) is 0 Å². The van der Waals surface area contributed by atoms with Gasteiger partial charge in [0.2, 0.25) is 0 Å². The van der Waals surface area contributed by atoms with Crippen molar-refractivity contribution in [3.05, 3.63) is 23.9 Å². The first-order chi connectivity index (χ1) is 6.33. The summed E-state index contributed by atoms with van der Waals surface area (Å²) in [5, 5.41) is 2.94. The number of nitrogens with one attached hydrogen (secondary N) is 1. The van der Waals surface area contributed by atoms with Crippen LogP contribution in [-0.4, -0.2) is 12.0 Å². The lowest BCUT2D eigenvalue weighted by atomic mass is 10.3. The van der Waals surface area contributed by atoms with Crippen molar-refractivity contribution in [2.24, 2.45) is 0 Å². The number of hydrogen-bond donors (Lipinski definition) is 1. The summed E-state index contributed by atoms with van der Waals surface area (Å²) in [5.74, 6) is 0.917. The highest BCUT2D eigenvalue weighted by atomic mass is 14.9. The number of nitrogens with zero attached hydrogens (tertiary/aromatic N) is 1. The molecular weight excluding hydrogens is 160 g/mol. The Balaban J connectivity index is 0. The summed E-state index contributed by atoms with van der Waals surface area (Å²) >= 11 is 0. The fourth-order valence-electron chi connectivity index (χ4n) is 0.616. The molecule has 0 bridgehead atoms.